The van der Waals surface area contributed by atoms with Crippen LogP contribution in [0.25, 0.3) is 0 Å². The lowest BCUT2D eigenvalue weighted by Crippen LogP contribution is -2.37. The molecule has 0 radical (unpaired) electrons. The van der Waals surface area contributed by atoms with Crippen molar-refractivity contribution in [2.75, 3.05) is 7.11 Å². The Labute approximate surface area is 105 Å². The van der Waals surface area contributed by atoms with Crippen LogP contribution in [0.15, 0.2) is 29.3 Å². The van der Waals surface area contributed by atoms with Gasteiger partial charge in [-0.05, 0) is 18.9 Å². The lowest BCUT2D eigenvalue weighted by molar-refractivity contribution is -0.120. The van der Waals surface area contributed by atoms with E-state index in [0.717, 1.165) is 18.4 Å². The third kappa shape index (κ3) is 2.03. The minimum atomic E-state index is -0.512. The number of ether oxygens (including phenoxy) is 1. The Bertz CT molecular complexity index is 509. The number of nitrogens with zero attached hydrogens (tertiary/aromatic N) is 1. The molecule has 2 N–H and O–H groups in total. The molecule has 1 unspecified atom stereocenters. The maximum Gasteiger partial charge on any atom is 0.256 e. The molecule has 0 saturated heterocycles. The monoisotopic (exact) mass is 245 g/mol. The highest BCUT2D eigenvalue weighted by Crippen LogP contribution is 2.30. The molecule has 5 nitrogen and oxygen atoms in total. The Morgan fingerprint density at radius 3 is 2.89 bits per heavy atom. The number of hydrogen-bond acceptors (Lipinski definition) is 4. The number of nitrogens with one attached hydrogen (secondary N) is 2. The van der Waals surface area contributed by atoms with Crippen LogP contribution < -0.4 is 15.4 Å². The topological polar surface area (TPSA) is 62.7 Å². The maximum atomic E-state index is 11.9. The Balaban J connectivity index is 1.86. The summed E-state index contributed by atoms with van der Waals surface area (Å²) < 4.78 is 5.27. The van der Waals surface area contributed by atoms with Crippen molar-refractivity contribution in [1.82, 2.24) is 10.6 Å². The van der Waals surface area contributed by atoms with Crippen LogP contribution in [0, 0.1) is 0 Å². The van der Waals surface area contributed by atoms with Gasteiger partial charge < -0.3 is 10.1 Å². The molecule has 1 aromatic rings. The number of aliphatic imine (C=N–C) groups is 1. The fraction of sp³-hybridized carbons (Fsp3) is 0.385. The van der Waals surface area contributed by atoms with Crippen molar-refractivity contribution in [3.05, 3.63) is 29.8 Å². The summed E-state index contributed by atoms with van der Waals surface area (Å²) in [5.74, 6) is 1.16. The van der Waals surface area contributed by atoms with Crippen LogP contribution in [0.1, 0.15) is 24.4 Å². The second-order valence-electron chi connectivity index (χ2n) is 4.53. The van der Waals surface area contributed by atoms with E-state index in [2.05, 4.69) is 15.6 Å². The first-order chi connectivity index (χ1) is 8.78. The maximum absolute atomic E-state index is 11.9. The van der Waals surface area contributed by atoms with Crippen LogP contribution >= 0.6 is 0 Å². The minimum absolute atomic E-state index is 0.109. The number of guanidine groups is 1. The van der Waals surface area contributed by atoms with Crippen molar-refractivity contribution in [2.24, 2.45) is 4.99 Å². The molecular formula is C13H15N3O2. The molecule has 18 heavy (non-hydrogen) atoms. The Hall–Kier alpha value is -2.04. The number of hydrogen-bond donors (Lipinski definition) is 2. The SMILES string of the molecule is COc1ccccc1C1N=C(NC2CC2)NC1=O. The second kappa shape index (κ2) is 4.33. The lowest BCUT2D eigenvalue weighted by Gasteiger charge is -2.09. The van der Waals surface area contributed by atoms with Gasteiger partial charge in [-0.15, -0.1) is 0 Å². The summed E-state index contributed by atoms with van der Waals surface area (Å²) in [7, 11) is 1.60. The summed E-state index contributed by atoms with van der Waals surface area (Å²) in [5, 5.41) is 5.97. The van der Waals surface area contributed by atoms with E-state index in [1.807, 2.05) is 24.3 Å². The molecular weight excluding hydrogens is 230 g/mol. The molecule has 1 fully saturated rings. The van der Waals surface area contributed by atoms with Gasteiger partial charge in [0.15, 0.2) is 12.0 Å². The second-order valence-corrected chi connectivity index (χ2v) is 4.53. The van der Waals surface area contributed by atoms with Crippen LogP contribution in [-0.2, 0) is 4.79 Å². The number of para-hydroxylation sites is 1. The normalized spacial score (nSPS) is 22.4. The lowest BCUT2D eigenvalue weighted by atomic mass is 10.1. The van der Waals surface area contributed by atoms with E-state index in [4.69, 9.17) is 4.74 Å². The fourth-order valence-electron chi connectivity index (χ4n) is 2.00. The average Bonchev–Trinajstić information content (AvgIpc) is 3.12. The molecule has 2 aliphatic rings. The minimum Gasteiger partial charge on any atom is -0.496 e. The zero-order valence-electron chi connectivity index (χ0n) is 10.1. The number of amides is 1. The number of benzene rings is 1. The predicted molar refractivity (Wildman–Crippen MR) is 67.5 cm³/mol. The highest BCUT2D eigenvalue weighted by Gasteiger charge is 2.32. The summed E-state index contributed by atoms with van der Waals surface area (Å²) in [6.45, 7) is 0. The van der Waals surface area contributed by atoms with Crippen LogP contribution in [0.2, 0.25) is 0 Å². The van der Waals surface area contributed by atoms with Crippen LogP contribution in [0.4, 0.5) is 0 Å². The smallest absolute Gasteiger partial charge is 0.256 e. The van der Waals surface area contributed by atoms with Crippen molar-refractivity contribution in [2.45, 2.75) is 24.9 Å². The van der Waals surface area contributed by atoms with E-state index in [0.29, 0.717) is 17.8 Å². The van der Waals surface area contributed by atoms with Crippen LogP contribution in [-0.4, -0.2) is 25.0 Å². The Kier molecular flexibility index (Phi) is 2.66. The van der Waals surface area contributed by atoms with Crippen molar-refractivity contribution in [1.29, 1.82) is 0 Å². The zero-order chi connectivity index (χ0) is 12.5. The summed E-state index contributed by atoms with van der Waals surface area (Å²) in [6, 6.07) is 7.43. The van der Waals surface area contributed by atoms with E-state index in [1.165, 1.54) is 0 Å². The van der Waals surface area contributed by atoms with E-state index in [9.17, 15) is 4.79 Å². The first-order valence-electron chi connectivity index (χ1n) is 6.06. The van der Waals surface area contributed by atoms with E-state index in [-0.39, 0.29) is 5.91 Å². The molecule has 1 aliphatic carbocycles. The molecule has 5 heteroatoms. The molecule has 0 spiro atoms. The fourth-order valence-corrected chi connectivity index (χ4v) is 2.00. The van der Waals surface area contributed by atoms with Gasteiger partial charge in [0.05, 0.1) is 7.11 Å². The van der Waals surface area contributed by atoms with Gasteiger partial charge in [-0.2, -0.15) is 0 Å². The summed E-state index contributed by atoms with van der Waals surface area (Å²) in [6.07, 6.45) is 2.29. The molecule has 94 valence electrons. The third-order valence-corrected chi connectivity index (χ3v) is 3.10. The third-order valence-electron chi connectivity index (χ3n) is 3.10. The van der Waals surface area contributed by atoms with Crippen molar-refractivity contribution < 1.29 is 9.53 Å². The molecule has 1 saturated carbocycles. The van der Waals surface area contributed by atoms with Gasteiger partial charge in [0.2, 0.25) is 0 Å². The molecule has 1 amide bonds. The molecule has 1 heterocycles. The molecule has 3 rings (SSSR count). The molecule has 0 bridgehead atoms. The number of methoxy groups -OCH3 is 1. The largest absolute Gasteiger partial charge is 0.496 e. The van der Waals surface area contributed by atoms with Gasteiger partial charge in [-0.25, -0.2) is 4.99 Å². The zero-order valence-corrected chi connectivity index (χ0v) is 10.1. The molecule has 1 aromatic carbocycles. The molecule has 0 aromatic heterocycles. The van der Waals surface area contributed by atoms with Crippen molar-refractivity contribution in [3.8, 4) is 5.75 Å². The van der Waals surface area contributed by atoms with Gasteiger partial charge in [0, 0.05) is 11.6 Å². The number of carbonyl (C=O) groups is 1. The van der Waals surface area contributed by atoms with Crippen molar-refractivity contribution in [3.63, 3.8) is 0 Å². The standard InChI is InChI=1S/C13H15N3O2/c1-18-10-5-3-2-4-9(10)11-12(17)16-13(15-11)14-8-6-7-8/h2-5,8,11H,6-7H2,1H3,(H2,14,15,16,17). The molecule has 1 atom stereocenters. The van der Waals surface area contributed by atoms with Gasteiger partial charge in [-0.1, -0.05) is 18.2 Å². The highest BCUT2D eigenvalue weighted by molar-refractivity contribution is 6.05. The van der Waals surface area contributed by atoms with E-state index in [1.54, 1.807) is 7.11 Å². The van der Waals surface area contributed by atoms with Crippen molar-refractivity contribution >= 4 is 11.9 Å². The number of carbonyl (C=O) groups excluding carboxylic acids is 1. The first kappa shape index (κ1) is 11.1. The van der Waals surface area contributed by atoms with E-state index < -0.39 is 6.04 Å². The Morgan fingerprint density at radius 1 is 1.39 bits per heavy atom. The van der Waals surface area contributed by atoms with E-state index >= 15 is 0 Å². The predicted octanol–water partition coefficient (Wildman–Crippen LogP) is 0.974. The van der Waals surface area contributed by atoms with Gasteiger partial charge >= 0.3 is 0 Å². The summed E-state index contributed by atoms with van der Waals surface area (Å²) in [4.78, 5) is 16.3. The van der Waals surface area contributed by atoms with Gasteiger partial charge in [0.25, 0.3) is 5.91 Å². The quantitative estimate of drug-likeness (QED) is 0.834. The molecule has 1 aliphatic heterocycles. The van der Waals surface area contributed by atoms with Crippen LogP contribution in [0.5, 0.6) is 5.75 Å². The van der Waals surface area contributed by atoms with Gasteiger partial charge in [-0.3, -0.25) is 10.1 Å². The number of rotatable bonds is 3. The Morgan fingerprint density at radius 2 is 2.17 bits per heavy atom. The van der Waals surface area contributed by atoms with Crippen LogP contribution in [0.3, 0.4) is 0 Å². The highest BCUT2D eigenvalue weighted by atomic mass is 16.5. The summed E-state index contributed by atoms with van der Waals surface area (Å²) in [5.41, 5.74) is 0.796. The average molecular weight is 245 g/mol. The first-order valence-corrected chi connectivity index (χ1v) is 6.06. The summed E-state index contributed by atoms with van der Waals surface area (Å²) >= 11 is 0. The van der Waals surface area contributed by atoms with Gasteiger partial charge in [0.1, 0.15) is 5.75 Å².